The summed E-state index contributed by atoms with van der Waals surface area (Å²) in [5.41, 5.74) is 1.55. The average Bonchev–Trinajstić information content (AvgIpc) is 3.28. The van der Waals surface area contributed by atoms with Crippen molar-refractivity contribution in [2.75, 3.05) is 7.05 Å². The van der Waals surface area contributed by atoms with E-state index < -0.39 is 25.5 Å². The molecule has 0 saturated heterocycles. The number of non-ortho nitro benzene ring substituents is 1. The number of rotatable bonds is 8. The van der Waals surface area contributed by atoms with Gasteiger partial charge in [0, 0.05) is 37.1 Å². The van der Waals surface area contributed by atoms with E-state index in [2.05, 4.69) is 15.2 Å². The van der Waals surface area contributed by atoms with Gasteiger partial charge in [0.1, 0.15) is 17.3 Å². The Morgan fingerprint density at radius 1 is 1.28 bits per heavy atom. The highest BCUT2D eigenvalue weighted by Gasteiger charge is 2.27. The van der Waals surface area contributed by atoms with Gasteiger partial charge in [0.25, 0.3) is 15.7 Å². The lowest BCUT2D eigenvalue weighted by Gasteiger charge is -2.16. The lowest BCUT2D eigenvalue weighted by Crippen LogP contribution is -2.23. The number of nitro groups is 1. The second kappa shape index (κ2) is 10.8. The van der Waals surface area contributed by atoms with Crippen LogP contribution in [0.1, 0.15) is 16.8 Å². The summed E-state index contributed by atoms with van der Waals surface area (Å²) < 4.78 is 34.4. The number of benzene rings is 1. The van der Waals surface area contributed by atoms with Crippen molar-refractivity contribution in [2.24, 2.45) is 5.10 Å². The van der Waals surface area contributed by atoms with Gasteiger partial charge < -0.3 is 4.74 Å². The number of nitro benzene ring substituents is 1. The van der Waals surface area contributed by atoms with E-state index in [0.29, 0.717) is 26.8 Å². The van der Waals surface area contributed by atoms with Gasteiger partial charge in [-0.1, -0.05) is 6.07 Å². The molecule has 0 atom stereocenters. The first-order chi connectivity index (χ1) is 16.8. The van der Waals surface area contributed by atoms with E-state index in [1.807, 2.05) is 6.07 Å². The van der Waals surface area contributed by atoms with Crippen molar-refractivity contribution in [1.29, 1.82) is 5.26 Å². The van der Waals surface area contributed by atoms with Gasteiger partial charge in [-0.2, -0.15) is 28.3 Å². The summed E-state index contributed by atoms with van der Waals surface area (Å²) >= 11 is 0. The highest BCUT2D eigenvalue weighted by Crippen LogP contribution is 2.31. The van der Waals surface area contributed by atoms with Crippen LogP contribution in [0.3, 0.4) is 0 Å². The van der Waals surface area contributed by atoms with Crippen molar-refractivity contribution < 1.29 is 18.1 Å². The molecule has 0 radical (unpaired) electrons. The molecule has 0 amide bonds. The minimum absolute atomic E-state index is 0. The third-order valence-electron chi connectivity index (χ3n) is 4.91. The Balaban J connectivity index is 0.00000361. The van der Waals surface area contributed by atoms with E-state index in [1.54, 1.807) is 42.7 Å². The molecule has 184 valence electrons. The summed E-state index contributed by atoms with van der Waals surface area (Å²) in [7, 11) is -3.15. The first kappa shape index (κ1) is 26.1. The van der Waals surface area contributed by atoms with E-state index in [4.69, 9.17) is 10.00 Å². The van der Waals surface area contributed by atoms with Crippen LogP contribution in [-0.2, 0) is 16.6 Å². The monoisotopic (exact) mass is 527 g/mol. The molecule has 4 aromatic rings. The first-order valence-electron chi connectivity index (χ1n) is 10.0. The van der Waals surface area contributed by atoms with Crippen LogP contribution in [-0.4, -0.2) is 45.6 Å². The van der Waals surface area contributed by atoms with E-state index in [1.165, 1.54) is 30.0 Å². The van der Waals surface area contributed by atoms with Gasteiger partial charge >= 0.3 is 0 Å². The Kier molecular flexibility index (Phi) is 7.83. The molecule has 0 spiro atoms. The van der Waals surface area contributed by atoms with E-state index in [0.717, 1.165) is 12.1 Å². The maximum Gasteiger partial charge on any atom is 0.282 e. The molecule has 14 heteroatoms. The van der Waals surface area contributed by atoms with E-state index in [-0.39, 0.29) is 24.8 Å². The molecule has 36 heavy (non-hydrogen) atoms. The summed E-state index contributed by atoms with van der Waals surface area (Å²) in [6.07, 6.45) is 5.90. The van der Waals surface area contributed by atoms with E-state index >= 15 is 0 Å². The topological polar surface area (TPSA) is 156 Å². The maximum absolute atomic E-state index is 13.3. The first-order valence-corrected chi connectivity index (χ1v) is 11.4. The number of sulfonamides is 1. The molecule has 1 aromatic carbocycles. The predicted octanol–water partition coefficient (Wildman–Crippen LogP) is 3.16. The van der Waals surface area contributed by atoms with Crippen molar-refractivity contribution in [2.45, 2.75) is 11.5 Å². The number of nitriles is 1. The summed E-state index contributed by atoms with van der Waals surface area (Å²) in [4.78, 5) is 14.3. The molecule has 4 rings (SSSR count). The van der Waals surface area contributed by atoms with Crippen molar-refractivity contribution in [3.63, 3.8) is 0 Å². The molecule has 3 heterocycles. The van der Waals surface area contributed by atoms with Crippen LogP contribution in [0.2, 0.25) is 0 Å². The summed E-state index contributed by atoms with van der Waals surface area (Å²) in [6.45, 7) is -0.0439. The van der Waals surface area contributed by atoms with Gasteiger partial charge in [-0.3, -0.25) is 15.1 Å². The molecular formula is C22H18ClN7O5S. The summed E-state index contributed by atoms with van der Waals surface area (Å²) in [6, 6.07) is 13.7. The Morgan fingerprint density at radius 3 is 2.78 bits per heavy atom. The second-order valence-electron chi connectivity index (χ2n) is 7.14. The lowest BCUT2D eigenvalue weighted by molar-refractivity contribution is -0.385. The van der Waals surface area contributed by atoms with E-state index in [9.17, 15) is 18.5 Å². The fraction of sp³-hybridized carbons (Fsp3) is 0.0909. The fourth-order valence-corrected chi connectivity index (χ4v) is 4.19. The van der Waals surface area contributed by atoms with Crippen molar-refractivity contribution in [3.8, 4) is 11.8 Å². The van der Waals surface area contributed by atoms with Crippen LogP contribution < -0.4 is 4.74 Å². The van der Waals surface area contributed by atoms with Crippen molar-refractivity contribution in [3.05, 3.63) is 94.1 Å². The maximum atomic E-state index is 13.3. The second-order valence-corrected chi connectivity index (χ2v) is 9.06. The van der Waals surface area contributed by atoms with Gasteiger partial charge in [0.05, 0.1) is 40.2 Å². The number of hydrogen-bond donors (Lipinski definition) is 0. The van der Waals surface area contributed by atoms with Crippen LogP contribution in [0.5, 0.6) is 5.75 Å². The highest BCUT2D eigenvalue weighted by molar-refractivity contribution is 7.89. The third-order valence-corrected chi connectivity index (χ3v) is 6.57. The molecule has 0 aliphatic carbocycles. The Bertz CT molecular complexity index is 1580. The number of ether oxygens (including phenoxy) is 1. The largest absolute Gasteiger partial charge is 0.486 e. The molecule has 0 aliphatic rings. The van der Waals surface area contributed by atoms with Crippen molar-refractivity contribution in [1.82, 2.24) is 19.0 Å². The molecule has 0 bridgehead atoms. The predicted molar refractivity (Wildman–Crippen MR) is 131 cm³/mol. The number of hydrogen-bond acceptors (Lipinski definition) is 9. The molecule has 3 aromatic heterocycles. The number of nitrogens with zero attached hydrogens (tertiary/aromatic N) is 7. The lowest BCUT2D eigenvalue weighted by atomic mass is 10.2. The zero-order chi connectivity index (χ0) is 25.0. The summed E-state index contributed by atoms with van der Waals surface area (Å²) in [5, 5.41) is 28.5. The van der Waals surface area contributed by atoms with Crippen LogP contribution in [0.25, 0.3) is 5.52 Å². The molecule has 12 nitrogen and oxygen atoms in total. The molecule has 0 fully saturated rings. The number of aromatic nitrogens is 3. The molecule has 0 aliphatic heterocycles. The standard InChI is InChI=1S/C22H17N7O5S.ClH/c1-27(25-13-17-14-26-28-9-7-16(12-23)10-20(17)28)35(32,33)22-11-19(29(30)31)5-6-21(22)34-15-18-4-2-3-8-24-18;/h2-11,13-14H,15H2,1H3;1H/b25-13-;. The quantitative estimate of drug-likeness (QED) is 0.192. The van der Waals surface area contributed by atoms with Gasteiger partial charge in [0.2, 0.25) is 0 Å². The number of halogens is 1. The summed E-state index contributed by atoms with van der Waals surface area (Å²) in [5.74, 6) is -0.0852. The fourth-order valence-electron chi connectivity index (χ4n) is 3.08. The minimum atomic E-state index is -4.34. The van der Waals surface area contributed by atoms with Gasteiger partial charge in [0.15, 0.2) is 0 Å². The van der Waals surface area contributed by atoms with Gasteiger partial charge in [-0.25, -0.2) is 4.52 Å². The minimum Gasteiger partial charge on any atom is -0.486 e. The van der Waals surface area contributed by atoms with Crippen LogP contribution >= 0.6 is 12.4 Å². The van der Waals surface area contributed by atoms with Gasteiger partial charge in [-0.05, 0) is 30.3 Å². The molecule has 0 unspecified atom stereocenters. The Hall–Kier alpha value is -4.54. The SMILES string of the molecule is CN(/N=C\c1cnn2ccc(C#N)cc12)S(=O)(=O)c1cc([N+](=O)[O-])ccc1OCc1ccccn1.Cl. The Morgan fingerprint density at radius 2 is 2.08 bits per heavy atom. The zero-order valence-electron chi connectivity index (χ0n) is 18.6. The smallest absolute Gasteiger partial charge is 0.282 e. The number of hydrazone groups is 1. The Labute approximate surface area is 211 Å². The van der Waals surface area contributed by atoms with Crippen LogP contribution in [0.15, 0.2) is 77.1 Å². The third kappa shape index (κ3) is 5.40. The number of pyridine rings is 2. The molecule has 0 N–H and O–H groups in total. The van der Waals surface area contributed by atoms with Crippen LogP contribution in [0.4, 0.5) is 5.69 Å². The number of fused-ring (bicyclic) bond motifs is 1. The zero-order valence-corrected chi connectivity index (χ0v) is 20.3. The highest BCUT2D eigenvalue weighted by atomic mass is 35.5. The average molecular weight is 528 g/mol. The van der Waals surface area contributed by atoms with Gasteiger partial charge in [-0.15, -0.1) is 12.4 Å². The molecule has 0 saturated carbocycles. The molecular weight excluding hydrogens is 510 g/mol. The van der Waals surface area contributed by atoms with Crippen molar-refractivity contribution >= 4 is 39.8 Å². The normalized spacial score (nSPS) is 11.1. The van der Waals surface area contributed by atoms with Crippen LogP contribution in [0, 0.1) is 21.4 Å².